The highest BCUT2D eigenvalue weighted by Gasteiger charge is 2.37. The van der Waals surface area contributed by atoms with E-state index in [1.165, 1.54) is 24.3 Å². The van der Waals surface area contributed by atoms with Crippen molar-refractivity contribution in [3.05, 3.63) is 71.0 Å². The van der Waals surface area contributed by atoms with Gasteiger partial charge in [0.2, 0.25) is 0 Å². The third-order valence-corrected chi connectivity index (χ3v) is 4.74. The van der Waals surface area contributed by atoms with Crippen molar-refractivity contribution in [2.75, 3.05) is 13.1 Å². The molecule has 2 aromatic rings. The second-order valence-electron chi connectivity index (χ2n) is 6.48. The summed E-state index contributed by atoms with van der Waals surface area (Å²) in [6.07, 6.45) is 0. The van der Waals surface area contributed by atoms with Gasteiger partial charge in [-0.25, -0.2) is 4.39 Å². The Kier molecular flexibility index (Phi) is 4.47. The highest BCUT2D eigenvalue weighted by molar-refractivity contribution is 6.00. The summed E-state index contributed by atoms with van der Waals surface area (Å²) in [6, 6.07) is 13.1. The Labute approximate surface area is 141 Å². The molecule has 124 valence electrons. The van der Waals surface area contributed by atoms with Gasteiger partial charge in [0.15, 0.2) is 5.78 Å². The Morgan fingerprint density at radius 2 is 1.71 bits per heavy atom. The van der Waals surface area contributed by atoms with Gasteiger partial charge in [0, 0.05) is 30.1 Å². The molecule has 3 nitrogen and oxygen atoms in total. The smallest absolute Gasteiger partial charge is 0.254 e. The zero-order chi connectivity index (χ0) is 17.3. The molecule has 1 heterocycles. The molecule has 0 aliphatic carbocycles. The van der Waals surface area contributed by atoms with E-state index in [0.717, 1.165) is 5.56 Å². The van der Waals surface area contributed by atoms with E-state index in [4.69, 9.17) is 0 Å². The van der Waals surface area contributed by atoms with Crippen LogP contribution in [0.2, 0.25) is 0 Å². The zero-order valence-corrected chi connectivity index (χ0v) is 13.8. The van der Waals surface area contributed by atoms with E-state index in [2.05, 4.69) is 0 Å². The summed E-state index contributed by atoms with van der Waals surface area (Å²) in [5, 5.41) is 0. The molecular formula is C20H20FNO2. The summed E-state index contributed by atoms with van der Waals surface area (Å²) in [6.45, 7) is 4.86. The second-order valence-corrected chi connectivity index (χ2v) is 6.48. The van der Waals surface area contributed by atoms with Gasteiger partial charge in [0.25, 0.3) is 5.91 Å². The summed E-state index contributed by atoms with van der Waals surface area (Å²) in [5.41, 5.74) is 2.11. The quantitative estimate of drug-likeness (QED) is 0.807. The summed E-state index contributed by atoms with van der Waals surface area (Å²) < 4.78 is 13.0. The van der Waals surface area contributed by atoms with Crippen molar-refractivity contribution in [1.29, 1.82) is 0 Å². The van der Waals surface area contributed by atoms with E-state index >= 15 is 0 Å². The van der Waals surface area contributed by atoms with Gasteiger partial charge in [-0.15, -0.1) is 0 Å². The van der Waals surface area contributed by atoms with Crippen LogP contribution in [0.1, 0.15) is 33.2 Å². The van der Waals surface area contributed by atoms with Gasteiger partial charge < -0.3 is 4.90 Å². The normalized spacial score (nSPS) is 20.2. The average molecular weight is 325 g/mol. The van der Waals surface area contributed by atoms with Crippen molar-refractivity contribution in [3.63, 3.8) is 0 Å². The SMILES string of the molecule is Cc1ccccc1C(=O)N1C[C@@H](C)[C@H](C(=O)c2ccc(F)cc2)C1. The lowest BCUT2D eigenvalue weighted by molar-refractivity contribution is 0.0779. The molecule has 0 unspecified atom stereocenters. The first kappa shape index (κ1) is 16.4. The molecule has 1 amide bonds. The maximum absolute atomic E-state index is 13.0. The Hall–Kier alpha value is -2.49. The molecule has 0 spiro atoms. The van der Waals surface area contributed by atoms with E-state index in [-0.39, 0.29) is 29.3 Å². The number of halogens is 1. The van der Waals surface area contributed by atoms with Crippen LogP contribution < -0.4 is 0 Å². The first-order valence-electron chi connectivity index (χ1n) is 8.12. The summed E-state index contributed by atoms with van der Waals surface area (Å²) in [4.78, 5) is 27.2. The molecule has 0 radical (unpaired) electrons. The maximum Gasteiger partial charge on any atom is 0.254 e. The molecule has 2 atom stereocenters. The van der Waals surface area contributed by atoms with Crippen LogP contribution in [0.15, 0.2) is 48.5 Å². The third kappa shape index (κ3) is 3.09. The van der Waals surface area contributed by atoms with Crippen LogP contribution in [0.25, 0.3) is 0 Å². The molecule has 2 aromatic carbocycles. The molecule has 0 saturated carbocycles. The molecule has 0 N–H and O–H groups in total. The lowest BCUT2D eigenvalue weighted by atomic mass is 9.90. The first-order chi connectivity index (χ1) is 11.5. The molecule has 0 aromatic heterocycles. The number of benzene rings is 2. The fourth-order valence-electron chi connectivity index (χ4n) is 3.29. The van der Waals surface area contributed by atoms with E-state index in [1.807, 2.05) is 38.1 Å². The number of likely N-dealkylation sites (tertiary alicyclic amines) is 1. The van der Waals surface area contributed by atoms with Gasteiger partial charge in [-0.05, 0) is 48.7 Å². The number of carbonyl (C=O) groups is 2. The minimum Gasteiger partial charge on any atom is -0.338 e. The summed E-state index contributed by atoms with van der Waals surface area (Å²) >= 11 is 0. The number of hydrogen-bond donors (Lipinski definition) is 0. The van der Waals surface area contributed by atoms with Crippen molar-refractivity contribution in [2.45, 2.75) is 13.8 Å². The highest BCUT2D eigenvalue weighted by Crippen LogP contribution is 2.28. The van der Waals surface area contributed by atoms with Gasteiger partial charge in [-0.1, -0.05) is 25.1 Å². The fraction of sp³-hybridized carbons (Fsp3) is 0.300. The maximum atomic E-state index is 13.0. The molecule has 0 bridgehead atoms. The van der Waals surface area contributed by atoms with Crippen molar-refractivity contribution < 1.29 is 14.0 Å². The number of carbonyl (C=O) groups excluding carboxylic acids is 2. The number of hydrogen-bond acceptors (Lipinski definition) is 2. The van der Waals surface area contributed by atoms with Crippen LogP contribution in [0.3, 0.4) is 0 Å². The molecular weight excluding hydrogens is 305 g/mol. The topological polar surface area (TPSA) is 37.4 Å². The Bertz CT molecular complexity index is 769. The minimum atomic E-state index is -0.359. The van der Waals surface area contributed by atoms with Crippen molar-refractivity contribution in [3.8, 4) is 0 Å². The molecule has 1 aliphatic rings. The van der Waals surface area contributed by atoms with E-state index in [0.29, 0.717) is 24.2 Å². The molecule has 24 heavy (non-hydrogen) atoms. The predicted octanol–water partition coefficient (Wildman–Crippen LogP) is 3.73. The number of nitrogens with zero attached hydrogens (tertiary/aromatic N) is 1. The molecule has 1 fully saturated rings. The Morgan fingerprint density at radius 1 is 1.04 bits per heavy atom. The van der Waals surface area contributed by atoms with Gasteiger partial charge in [-0.3, -0.25) is 9.59 Å². The van der Waals surface area contributed by atoms with Crippen LogP contribution in [0.5, 0.6) is 0 Å². The Morgan fingerprint density at radius 3 is 2.38 bits per heavy atom. The van der Waals surface area contributed by atoms with Gasteiger partial charge >= 0.3 is 0 Å². The predicted molar refractivity (Wildman–Crippen MR) is 90.5 cm³/mol. The molecule has 1 saturated heterocycles. The lowest BCUT2D eigenvalue weighted by Crippen LogP contribution is -2.30. The van der Waals surface area contributed by atoms with Gasteiger partial charge in [0.05, 0.1) is 0 Å². The molecule has 1 aliphatic heterocycles. The van der Waals surface area contributed by atoms with Gasteiger partial charge in [0.1, 0.15) is 5.82 Å². The van der Waals surface area contributed by atoms with Crippen molar-refractivity contribution >= 4 is 11.7 Å². The summed E-state index contributed by atoms with van der Waals surface area (Å²) in [5.74, 6) is -0.585. The van der Waals surface area contributed by atoms with E-state index in [1.54, 1.807) is 4.90 Å². The summed E-state index contributed by atoms with van der Waals surface area (Å²) in [7, 11) is 0. The molecule has 4 heteroatoms. The molecule has 3 rings (SSSR count). The number of rotatable bonds is 3. The second kappa shape index (κ2) is 6.56. The minimum absolute atomic E-state index is 0.0254. The van der Waals surface area contributed by atoms with Crippen LogP contribution in [-0.4, -0.2) is 29.7 Å². The third-order valence-electron chi connectivity index (χ3n) is 4.74. The number of amides is 1. The van der Waals surface area contributed by atoms with Crippen LogP contribution >= 0.6 is 0 Å². The monoisotopic (exact) mass is 325 g/mol. The first-order valence-corrected chi connectivity index (χ1v) is 8.12. The highest BCUT2D eigenvalue weighted by atomic mass is 19.1. The lowest BCUT2D eigenvalue weighted by Gasteiger charge is -2.17. The van der Waals surface area contributed by atoms with Crippen molar-refractivity contribution in [2.24, 2.45) is 11.8 Å². The number of aryl methyl sites for hydroxylation is 1. The van der Waals surface area contributed by atoms with E-state index in [9.17, 15) is 14.0 Å². The Balaban J connectivity index is 1.77. The van der Waals surface area contributed by atoms with E-state index < -0.39 is 0 Å². The van der Waals surface area contributed by atoms with Crippen molar-refractivity contribution in [1.82, 2.24) is 4.90 Å². The fourth-order valence-corrected chi connectivity index (χ4v) is 3.29. The largest absolute Gasteiger partial charge is 0.338 e. The van der Waals surface area contributed by atoms with Crippen LogP contribution in [0.4, 0.5) is 4.39 Å². The zero-order valence-electron chi connectivity index (χ0n) is 13.8. The number of Topliss-reactive ketones (excluding diaryl/α,β-unsaturated/α-hetero) is 1. The van der Waals surface area contributed by atoms with Crippen LogP contribution in [-0.2, 0) is 0 Å². The number of ketones is 1. The van der Waals surface area contributed by atoms with Crippen LogP contribution in [0, 0.1) is 24.6 Å². The average Bonchev–Trinajstić information content (AvgIpc) is 2.96. The van der Waals surface area contributed by atoms with Gasteiger partial charge in [-0.2, -0.15) is 0 Å². The standard InChI is InChI=1S/C20H20FNO2/c1-13-5-3-4-6-17(13)20(24)22-11-14(2)18(12-22)19(23)15-7-9-16(21)10-8-15/h3-10,14,18H,11-12H2,1-2H3/t14-,18-/m1/s1.